The molecule has 0 saturated carbocycles. The predicted octanol–water partition coefficient (Wildman–Crippen LogP) is 3.81. The van der Waals surface area contributed by atoms with Crippen molar-refractivity contribution in [3.63, 3.8) is 0 Å². The lowest BCUT2D eigenvalue weighted by atomic mass is 9.95. The van der Waals surface area contributed by atoms with Crippen LogP contribution in [0.5, 0.6) is 6.01 Å². The summed E-state index contributed by atoms with van der Waals surface area (Å²) in [5.74, 6) is 0.466. The predicted molar refractivity (Wildman–Crippen MR) is 115 cm³/mol. The van der Waals surface area contributed by atoms with E-state index in [-0.39, 0.29) is 35.5 Å². The van der Waals surface area contributed by atoms with Crippen molar-refractivity contribution < 1.29 is 27.4 Å². The van der Waals surface area contributed by atoms with Crippen molar-refractivity contribution in [2.45, 2.75) is 25.3 Å². The zero-order valence-electron chi connectivity index (χ0n) is 17.9. The van der Waals surface area contributed by atoms with Crippen LogP contribution in [0.4, 0.5) is 19.0 Å². The highest BCUT2D eigenvalue weighted by molar-refractivity contribution is 6.31. The number of rotatable bonds is 4. The van der Waals surface area contributed by atoms with Crippen molar-refractivity contribution in [3.8, 4) is 6.01 Å². The van der Waals surface area contributed by atoms with Crippen LogP contribution in [0.1, 0.15) is 28.5 Å². The molecule has 0 spiro atoms. The number of benzene rings is 1. The van der Waals surface area contributed by atoms with Gasteiger partial charge in [-0.2, -0.15) is 23.1 Å². The molecule has 2 aliphatic heterocycles. The fourth-order valence-electron chi connectivity index (χ4n) is 4.16. The molecule has 0 bridgehead atoms. The number of carbonyl (C=O) groups is 1. The largest absolute Gasteiger partial charge is 0.467 e. The second-order valence-corrected chi connectivity index (χ2v) is 8.09. The first-order valence-corrected chi connectivity index (χ1v) is 10.7. The van der Waals surface area contributed by atoms with E-state index in [0.29, 0.717) is 43.3 Å². The fourth-order valence-corrected chi connectivity index (χ4v) is 4.45. The van der Waals surface area contributed by atoms with Crippen LogP contribution in [-0.2, 0) is 28.7 Å². The number of alkyl halides is 3. The molecule has 1 atom stereocenters. The molecule has 33 heavy (non-hydrogen) atoms. The van der Waals surface area contributed by atoms with Gasteiger partial charge in [0.1, 0.15) is 5.82 Å². The second kappa shape index (κ2) is 9.18. The summed E-state index contributed by atoms with van der Waals surface area (Å²) in [7, 11) is 1.43. The molecule has 1 unspecified atom stereocenters. The Balaban J connectivity index is 1.64. The Morgan fingerprint density at radius 1 is 1.27 bits per heavy atom. The molecule has 1 amide bonds. The van der Waals surface area contributed by atoms with Crippen LogP contribution < -0.4 is 9.64 Å². The molecule has 1 saturated heterocycles. The van der Waals surface area contributed by atoms with Gasteiger partial charge in [-0.15, -0.1) is 0 Å². The Labute approximate surface area is 193 Å². The molecular formula is C22H22ClF3N4O3. The van der Waals surface area contributed by atoms with Gasteiger partial charge in [0, 0.05) is 38.2 Å². The standard InChI is InChI=1S/C22H22ClF3N4O3/c1-3-18(31)29-7-9-30(10-8-29)20-14-12-33-17(11-16(14)27-21(28-20)32-2)13-5-4-6-15(23)19(13)22(24,25)26/h3-6,17H,1,7-12H2,2H3. The van der Waals surface area contributed by atoms with E-state index < -0.39 is 17.8 Å². The van der Waals surface area contributed by atoms with E-state index in [1.165, 1.54) is 31.4 Å². The first-order chi connectivity index (χ1) is 15.7. The number of amides is 1. The maximum atomic E-state index is 13.7. The van der Waals surface area contributed by atoms with Crippen LogP contribution in [0.15, 0.2) is 30.9 Å². The highest BCUT2D eigenvalue weighted by Gasteiger charge is 2.39. The molecule has 4 rings (SSSR count). The van der Waals surface area contributed by atoms with E-state index in [4.69, 9.17) is 21.1 Å². The number of fused-ring (bicyclic) bond motifs is 1. The Bertz CT molecular complexity index is 1070. The SMILES string of the molecule is C=CC(=O)N1CCN(c2nc(OC)nc3c2COC(c2cccc(Cl)c2C(F)(F)F)C3)CC1. The van der Waals surface area contributed by atoms with Crippen molar-refractivity contribution in [1.82, 2.24) is 14.9 Å². The van der Waals surface area contributed by atoms with Gasteiger partial charge in [-0.05, 0) is 17.7 Å². The second-order valence-electron chi connectivity index (χ2n) is 7.68. The topological polar surface area (TPSA) is 67.8 Å². The fraction of sp³-hybridized carbons (Fsp3) is 0.409. The van der Waals surface area contributed by atoms with Crippen LogP contribution in [0.25, 0.3) is 0 Å². The minimum atomic E-state index is -4.62. The number of methoxy groups -OCH3 is 1. The average Bonchev–Trinajstić information content (AvgIpc) is 2.81. The van der Waals surface area contributed by atoms with Gasteiger partial charge in [0.15, 0.2) is 0 Å². The molecule has 0 aliphatic carbocycles. The molecule has 1 aromatic heterocycles. The van der Waals surface area contributed by atoms with Gasteiger partial charge in [0.2, 0.25) is 5.91 Å². The monoisotopic (exact) mass is 482 g/mol. The van der Waals surface area contributed by atoms with E-state index in [9.17, 15) is 18.0 Å². The van der Waals surface area contributed by atoms with Gasteiger partial charge in [-0.1, -0.05) is 30.3 Å². The number of carbonyl (C=O) groups excluding carboxylic acids is 1. The molecule has 2 aromatic rings. The first-order valence-electron chi connectivity index (χ1n) is 10.3. The number of aromatic nitrogens is 2. The molecular weight excluding hydrogens is 461 g/mol. The van der Waals surface area contributed by atoms with Crippen molar-refractivity contribution in [2.24, 2.45) is 0 Å². The average molecular weight is 483 g/mol. The minimum Gasteiger partial charge on any atom is -0.467 e. The molecule has 2 aliphatic rings. The highest BCUT2D eigenvalue weighted by Crippen LogP contribution is 2.43. The molecule has 7 nitrogen and oxygen atoms in total. The normalized spacial score (nSPS) is 18.6. The molecule has 0 N–H and O–H groups in total. The summed E-state index contributed by atoms with van der Waals surface area (Å²) >= 11 is 5.89. The highest BCUT2D eigenvalue weighted by atomic mass is 35.5. The van der Waals surface area contributed by atoms with Gasteiger partial charge in [0.05, 0.1) is 36.1 Å². The maximum Gasteiger partial charge on any atom is 0.418 e. The third kappa shape index (κ3) is 4.63. The maximum absolute atomic E-state index is 13.7. The number of ether oxygens (including phenoxy) is 2. The van der Waals surface area contributed by atoms with E-state index in [1.54, 1.807) is 4.90 Å². The Morgan fingerprint density at radius 2 is 2.00 bits per heavy atom. The molecule has 1 fully saturated rings. The molecule has 3 heterocycles. The van der Waals surface area contributed by atoms with Crippen molar-refractivity contribution in [1.29, 1.82) is 0 Å². The third-order valence-corrected chi connectivity index (χ3v) is 6.10. The van der Waals surface area contributed by atoms with Crippen LogP contribution in [-0.4, -0.2) is 54.1 Å². The van der Waals surface area contributed by atoms with Crippen molar-refractivity contribution >= 4 is 23.3 Å². The number of piperazine rings is 1. The number of hydrogen-bond donors (Lipinski definition) is 0. The van der Waals surface area contributed by atoms with E-state index in [2.05, 4.69) is 16.5 Å². The molecule has 0 radical (unpaired) electrons. The van der Waals surface area contributed by atoms with Crippen LogP contribution in [0.2, 0.25) is 5.02 Å². The van der Waals surface area contributed by atoms with Gasteiger partial charge in [-0.25, -0.2) is 0 Å². The first kappa shape index (κ1) is 23.3. The lowest BCUT2D eigenvalue weighted by Crippen LogP contribution is -2.49. The Morgan fingerprint density at radius 3 is 2.64 bits per heavy atom. The number of nitrogens with zero attached hydrogens (tertiary/aromatic N) is 4. The third-order valence-electron chi connectivity index (χ3n) is 5.78. The van der Waals surface area contributed by atoms with E-state index >= 15 is 0 Å². The molecule has 1 aromatic carbocycles. The lowest BCUT2D eigenvalue weighted by Gasteiger charge is -2.37. The van der Waals surface area contributed by atoms with E-state index in [1.807, 2.05) is 4.90 Å². The summed E-state index contributed by atoms with van der Waals surface area (Å²) in [5.41, 5.74) is 0.331. The summed E-state index contributed by atoms with van der Waals surface area (Å²) in [6.07, 6.45) is -4.10. The number of hydrogen-bond acceptors (Lipinski definition) is 6. The van der Waals surface area contributed by atoms with E-state index in [0.717, 1.165) is 0 Å². The van der Waals surface area contributed by atoms with Gasteiger partial charge >= 0.3 is 12.2 Å². The van der Waals surface area contributed by atoms with Crippen LogP contribution in [0, 0.1) is 0 Å². The quantitative estimate of drug-likeness (QED) is 0.617. The smallest absolute Gasteiger partial charge is 0.418 e. The number of halogens is 4. The lowest BCUT2D eigenvalue weighted by molar-refractivity contribution is -0.139. The summed E-state index contributed by atoms with van der Waals surface area (Å²) in [6.45, 7) is 5.60. The van der Waals surface area contributed by atoms with Gasteiger partial charge in [0.25, 0.3) is 0 Å². The van der Waals surface area contributed by atoms with Crippen LogP contribution in [0.3, 0.4) is 0 Å². The van der Waals surface area contributed by atoms with Crippen LogP contribution >= 0.6 is 11.6 Å². The van der Waals surface area contributed by atoms with Crippen molar-refractivity contribution in [3.05, 3.63) is 58.3 Å². The summed E-state index contributed by atoms with van der Waals surface area (Å²) in [5, 5.41) is -0.373. The summed E-state index contributed by atoms with van der Waals surface area (Å²) in [4.78, 5) is 24.4. The van der Waals surface area contributed by atoms with Crippen molar-refractivity contribution in [2.75, 3.05) is 38.2 Å². The Kier molecular flexibility index (Phi) is 6.49. The van der Waals surface area contributed by atoms with Gasteiger partial charge < -0.3 is 19.3 Å². The summed E-state index contributed by atoms with van der Waals surface area (Å²) in [6, 6.07) is 4.18. The Hall–Kier alpha value is -2.85. The minimum absolute atomic E-state index is 0.0312. The molecule has 11 heteroatoms. The van der Waals surface area contributed by atoms with Gasteiger partial charge in [-0.3, -0.25) is 4.79 Å². The zero-order chi connectivity index (χ0) is 23.8. The zero-order valence-corrected chi connectivity index (χ0v) is 18.6. The summed E-state index contributed by atoms with van der Waals surface area (Å²) < 4.78 is 52.2. The molecule has 176 valence electrons. The number of anilines is 1.